The van der Waals surface area contributed by atoms with Gasteiger partial charge in [0.25, 0.3) is 0 Å². The highest BCUT2D eigenvalue weighted by Gasteiger charge is 2.34. The monoisotopic (exact) mass is 310 g/mol. The lowest BCUT2D eigenvalue weighted by atomic mass is 9.74. The standard InChI is InChI=1S/C20H26N2O/c1-12-4-6-15(13(2)10-12)19-20-16(8-9-21-19)17-11-14(23-3)5-7-18(17)22-20/h4-5,7,11,13,15,19,21-22H,6,8-10H2,1-3H3/t13-,15+,19-/m0/s1. The molecule has 122 valence electrons. The summed E-state index contributed by atoms with van der Waals surface area (Å²) < 4.78 is 5.42. The van der Waals surface area contributed by atoms with Crippen LogP contribution in [0.15, 0.2) is 29.8 Å². The van der Waals surface area contributed by atoms with Gasteiger partial charge in [-0.3, -0.25) is 0 Å². The summed E-state index contributed by atoms with van der Waals surface area (Å²) in [6.07, 6.45) is 5.94. The first-order valence-electron chi connectivity index (χ1n) is 8.75. The fourth-order valence-corrected chi connectivity index (χ4v) is 4.51. The maximum Gasteiger partial charge on any atom is 0.119 e. The van der Waals surface area contributed by atoms with E-state index in [-0.39, 0.29) is 0 Å². The van der Waals surface area contributed by atoms with Crippen molar-refractivity contribution in [3.63, 3.8) is 0 Å². The Balaban J connectivity index is 1.76. The Bertz CT molecular complexity index is 758. The van der Waals surface area contributed by atoms with Crippen molar-refractivity contribution in [1.82, 2.24) is 10.3 Å². The topological polar surface area (TPSA) is 37.0 Å². The summed E-state index contributed by atoms with van der Waals surface area (Å²) in [6, 6.07) is 6.82. The van der Waals surface area contributed by atoms with E-state index < -0.39 is 0 Å². The molecule has 1 aromatic heterocycles. The molecule has 0 fully saturated rings. The van der Waals surface area contributed by atoms with E-state index in [1.807, 2.05) is 6.07 Å². The third-order valence-electron chi connectivity index (χ3n) is 5.74. The molecule has 3 heteroatoms. The average Bonchev–Trinajstić information content (AvgIpc) is 2.93. The van der Waals surface area contributed by atoms with Crippen molar-refractivity contribution in [3.05, 3.63) is 41.1 Å². The second kappa shape index (κ2) is 5.72. The van der Waals surface area contributed by atoms with Gasteiger partial charge in [0.2, 0.25) is 0 Å². The lowest BCUT2D eigenvalue weighted by molar-refractivity contribution is 0.243. The van der Waals surface area contributed by atoms with E-state index in [0.717, 1.165) is 24.6 Å². The minimum absolute atomic E-state index is 0.441. The van der Waals surface area contributed by atoms with E-state index >= 15 is 0 Å². The largest absolute Gasteiger partial charge is 0.497 e. The van der Waals surface area contributed by atoms with Crippen LogP contribution in [0.3, 0.4) is 0 Å². The van der Waals surface area contributed by atoms with E-state index in [4.69, 9.17) is 4.74 Å². The Kier molecular flexibility index (Phi) is 3.68. The Morgan fingerprint density at radius 1 is 1.26 bits per heavy atom. The minimum atomic E-state index is 0.441. The third-order valence-corrected chi connectivity index (χ3v) is 5.74. The molecular formula is C20H26N2O. The van der Waals surface area contributed by atoms with Crippen molar-refractivity contribution in [1.29, 1.82) is 0 Å². The SMILES string of the molecule is COc1ccc2[nH]c3c(c2c1)CCN[C@H]3[C@@H]1CC=C(C)C[C@@H]1C. The van der Waals surface area contributed by atoms with Gasteiger partial charge in [-0.1, -0.05) is 18.6 Å². The van der Waals surface area contributed by atoms with E-state index in [9.17, 15) is 0 Å². The molecule has 0 bridgehead atoms. The number of hydrogen-bond acceptors (Lipinski definition) is 2. The maximum atomic E-state index is 5.42. The summed E-state index contributed by atoms with van der Waals surface area (Å²) >= 11 is 0. The molecule has 0 unspecified atom stereocenters. The van der Waals surface area contributed by atoms with Crippen molar-refractivity contribution in [2.75, 3.05) is 13.7 Å². The van der Waals surface area contributed by atoms with Crippen molar-refractivity contribution in [3.8, 4) is 5.75 Å². The van der Waals surface area contributed by atoms with Gasteiger partial charge in [0.05, 0.1) is 13.2 Å². The highest BCUT2D eigenvalue weighted by Crippen LogP contribution is 2.42. The van der Waals surface area contributed by atoms with Gasteiger partial charge in [0, 0.05) is 16.6 Å². The van der Waals surface area contributed by atoms with E-state index in [2.05, 4.69) is 42.4 Å². The summed E-state index contributed by atoms with van der Waals surface area (Å²) in [6.45, 7) is 5.73. The van der Waals surface area contributed by atoms with Crippen LogP contribution in [0, 0.1) is 11.8 Å². The molecule has 3 atom stereocenters. The zero-order valence-electron chi connectivity index (χ0n) is 14.3. The molecule has 0 saturated carbocycles. The van der Waals surface area contributed by atoms with Gasteiger partial charge < -0.3 is 15.0 Å². The molecule has 2 N–H and O–H groups in total. The maximum absolute atomic E-state index is 5.42. The number of aromatic nitrogens is 1. The lowest BCUT2D eigenvalue weighted by Crippen LogP contribution is -2.38. The molecule has 0 radical (unpaired) electrons. The van der Waals surface area contributed by atoms with Gasteiger partial charge >= 0.3 is 0 Å². The first kappa shape index (κ1) is 14.8. The fraction of sp³-hybridized carbons (Fsp3) is 0.500. The van der Waals surface area contributed by atoms with Gasteiger partial charge in [-0.25, -0.2) is 0 Å². The number of methoxy groups -OCH3 is 1. The normalized spacial score (nSPS) is 27.6. The number of hydrogen-bond donors (Lipinski definition) is 2. The quantitative estimate of drug-likeness (QED) is 0.809. The first-order valence-corrected chi connectivity index (χ1v) is 8.75. The van der Waals surface area contributed by atoms with Crippen molar-refractivity contribution in [2.24, 2.45) is 11.8 Å². The van der Waals surface area contributed by atoms with Gasteiger partial charge in [-0.2, -0.15) is 0 Å². The van der Waals surface area contributed by atoms with Crippen molar-refractivity contribution < 1.29 is 4.74 Å². The van der Waals surface area contributed by atoms with Gasteiger partial charge in [0.1, 0.15) is 5.75 Å². The number of aromatic amines is 1. The Morgan fingerprint density at radius 2 is 2.13 bits per heavy atom. The molecule has 1 aliphatic carbocycles. The second-order valence-corrected chi connectivity index (χ2v) is 7.24. The number of H-pyrrole nitrogens is 1. The fourth-order valence-electron chi connectivity index (χ4n) is 4.51. The summed E-state index contributed by atoms with van der Waals surface area (Å²) in [5.41, 5.74) is 5.68. The van der Waals surface area contributed by atoms with Crippen LogP contribution in [0.2, 0.25) is 0 Å². The highest BCUT2D eigenvalue weighted by atomic mass is 16.5. The summed E-state index contributed by atoms with van der Waals surface area (Å²) in [5.74, 6) is 2.34. The van der Waals surface area contributed by atoms with E-state index in [0.29, 0.717) is 12.0 Å². The number of allylic oxidation sites excluding steroid dienone is 2. The second-order valence-electron chi connectivity index (χ2n) is 7.24. The predicted molar refractivity (Wildman–Crippen MR) is 94.9 cm³/mol. The van der Waals surface area contributed by atoms with Gasteiger partial charge in [0.15, 0.2) is 0 Å². The highest BCUT2D eigenvalue weighted by molar-refractivity contribution is 5.86. The number of ether oxygens (including phenoxy) is 1. The van der Waals surface area contributed by atoms with Crippen molar-refractivity contribution >= 4 is 10.9 Å². The predicted octanol–water partition coefficient (Wildman–Crippen LogP) is 4.36. The Morgan fingerprint density at radius 3 is 2.91 bits per heavy atom. The molecule has 4 rings (SSSR count). The smallest absolute Gasteiger partial charge is 0.119 e. The van der Waals surface area contributed by atoms with Crippen LogP contribution in [-0.2, 0) is 6.42 Å². The molecule has 0 amide bonds. The lowest BCUT2D eigenvalue weighted by Gasteiger charge is -2.37. The van der Waals surface area contributed by atoms with Crippen LogP contribution >= 0.6 is 0 Å². The molecule has 2 aliphatic rings. The zero-order valence-corrected chi connectivity index (χ0v) is 14.3. The molecule has 23 heavy (non-hydrogen) atoms. The van der Waals surface area contributed by atoms with Crippen LogP contribution in [0.4, 0.5) is 0 Å². The van der Waals surface area contributed by atoms with Crippen LogP contribution in [0.5, 0.6) is 5.75 Å². The van der Waals surface area contributed by atoms with E-state index in [1.54, 1.807) is 12.7 Å². The third kappa shape index (κ3) is 2.47. The molecular weight excluding hydrogens is 284 g/mol. The number of fused-ring (bicyclic) bond motifs is 3. The molecule has 2 aromatic rings. The molecule has 1 aliphatic heterocycles. The van der Waals surface area contributed by atoms with Crippen LogP contribution in [0.25, 0.3) is 10.9 Å². The van der Waals surface area contributed by atoms with Crippen molar-refractivity contribution in [2.45, 2.75) is 39.2 Å². The summed E-state index contributed by atoms with van der Waals surface area (Å²) in [5, 5.41) is 5.12. The minimum Gasteiger partial charge on any atom is -0.497 e. The molecule has 0 saturated heterocycles. The molecule has 2 heterocycles. The number of rotatable bonds is 2. The van der Waals surface area contributed by atoms with Gasteiger partial charge in [-0.15, -0.1) is 0 Å². The number of benzene rings is 1. The summed E-state index contributed by atoms with van der Waals surface area (Å²) in [7, 11) is 1.74. The van der Waals surface area contributed by atoms with Crippen LogP contribution in [0.1, 0.15) is 44.0 Å². The molecule has 1 aromatic carbocycles. The summed E-state index contributed by atoms with van der Waals surface area (Å²) in [4.78, 5) is 3.71. The molecule has 0 spiro atoms. The van der Waals surface area contributed by atoms with Crippen LogP contribution in [-0.4, -0.2) is 18.6 Å². The molecule has 3 nitrogen and oxygen atoms in total. The Labute approximate surface area is 138 Å². The van der Waals surface area contributed by atoms with Crippen LogP contribution < -0.4 is 10.1 Å². The number of nitrogens with one attached hydrogen (secondary N) is 2. The zero-order chi connectivity index (χ0) is 16.0. The first-order chi connectivity index (χ1) is 11.2. The van der Waals surface area contributed by atoms with Gasteiger partial charge in [-0.05, 0) is 68.3 Å². The average molecular weight is 310 g/mol. The Hall–Kier alpha value is -1.74. The van der Waals surface area contributed by atoms with E-state index in [1.165, 1.54) is 35.0 Å².